The highest BCUT2D eigenvalue weighted by Gasteiger charge is 2.34. The van der Waals surface area contributed by atoms with Crippen molar-refractivity contribution in [2.75, 3.05) is 19.0 Å². The van der Waals surface area contributed by atoms with Gasteiger partial charge in [-0.2, -0.15) is 0 Å². The van der Waals surface area contributed by atoms with Gasteiger partial charge in [0.25, 0.3) is 0 Å². The molecule has 1 aromatic heterocycles. The van der Waals surface area contributed by atoms with E-state index in [0.29, 0.717) is 5.92 Å². The van der Waals surface area contributed by atoms with E-state index in [9.17, 15) is 0 Å². The number of aryl methyl sites for hydroxylation is 1. The molecule has 2 rings (SSSR count). The molecule has 1 atom stereocenters. The SMILES string of the molecule is CCNc1cc(CC)nc(C(OC)C2CC2)n1. The van der Waals surface area contributed by atoms with Crippen LogP contribution in [0.4, 0.5) is 5.82 Å². The third-order valence-electron chi connectivity index (χ3n) is 3.08. The molecule has 1 saturated carbocycles. The number of anilines is 1. The van der Waals surface area contributed by atoms with E-state index in [4.69, 9.17) is 4.74 Å². The lowest BCUT2D eigenvalue weighted by atomic mass is 10.2. The van der Waals surface area contributed by atoms with Crippen LogP contribution in [0.15, 0.2) is 6.07 Å². The number of hydrogen-bond donors (Lipinski definition) is 1. The van der Waals surface area contributed by atoms with Crippen molar-refractivity contribution in [1.29, 1.82) is 0 Å². The standard InChI is InChI=1S/C13H21N3O/c1-4-10-8-11(14-5-2)16-13(15-10)12(17-3)9-6-7-9/h8-9,12H,4-7H2,1-3H3,(H,14,15,16). The van der Waals surface area contributed by atoms with Crippen LogP contribution in [-0.2, 0) is 11.2 Å². The van der Waals surface area contributed by atoms with Gasteiger partial charge in [-0.15, -0.1) is 0 Å². The number of nitrogens with zero attached hydrogens (tertiary/aromatic N) is 2. The van der Waals surface area contributed by atoms with E-state index in [1.54, 1.807) is 7.11 Å². The summed E-state index contributed by atoms with van der Waals surface area (Å²) in [6, 6.07) is 2.02. The Morgan fingerprint density at radius 1 is 1.41 bits per heavy atom. The average Bonchev–Trinajstić information content (AvgIpc) is 3.15. The minimum Gasteiger partial charge on any atom is -0.373 e. The third kappa shape index (κ3) is 2.94. The summed E-state index contributed by atoms with van der Waals surface area (Å²) in [4.78, 5) is 9.15. The number of hydrogen-bond acceptors (Lipinski definition) is 4. The van der Waals surface area contributed by atoms with Crippen molar-refractivity contribution in [3.05, 3.63) is 17.6 Å². The third-order valence-corrected chi connectivity index (χ3v) is 3.08. The molecule has 1 fully saturated rings. The maximum Gasteiger partial charge on any atom is 0.159 e. The van der Waals surface area contributed by atoms with Crippen LogP contribution in [0.25, 0.3) is 0 Å². The van der Waals surface area contributed by atoms with Crippen molar-refractivity contribution in [2.45, 2.75) is 39.2 Å². The maximum absolute atomic E-state index is 5.54. The molecule has 0 radical (unpaired) electrons. The first-order chi connectivity index (χ1) is 8.28. The van der Waals surface area contributed by atoms with E-state index in [1.165, 1.54) is 12.8 Å². The molecule has 4 nitrogen and oxygen atoms in total. The Bertz CT molecular complexity index is 377. The van der Waals surface area contributed by atoms with Gasteiger partial charge in [-0.05, 0) is 32.1 Å². The number of ether oxygens (including phenoxy) is 1. The topological polar surface area (TPSA) is 47.0 Å². The molecule has 0 spiro atoms. The Morgan fingerprint density at radius 2 is 2.18 bits per heavy atom. The van der Waals surface area contributed by atoms with Crippen molar-refractivity contribution in [3.63, 3.8) is 0 Å². The molecule has 1 aliphatic carbocycles. The van der Waals surface area contributed by atoms with Gasteiger partial charge in [-0.1, -0.05) is 6.92 Å². The van der Waals surface area contributed by atoms with Gasteiger partial charge in [0.05, 0.1) is 0 Å². The zero-order chi connectivity index (χ0) is 12.3. The molecule has 0 bridgehead atoms. The van der Waals surface area contributed by atoms with E-state index in [2.05, 4.69) is 29.1 Å². The van der Waals surface area contributed by atoms with Crippen molar-refractivity contribution < 1.29 is 4.74 Å². The highest BCUT2D eigenvalue weighted by Crippen LogP contribution is 2.42. The molecule has 4 heteroatoms. The van der Waals surface area contributed by atoms with Crippen LogP contribution in [0, 0.1) is 5.92 Å². The van der Waals surface area contributed by atoms with Gasteiger partial charge in [0.1, 0.15) is 11.9 Å². The molecular formula is C13H21N3O. The molecule has 1 unspecified atom stereocenters. The Balaban J connectivity index is 2.27. The molecule has 94 valence electrons. The van der Waals surface area contributed by atoms with Crippen molar-refractivity contribution >= 4 is 5.82 Å². The summed E-state index contributed by atoms with van der Waals surface area (Å²) < 4.78 is 5.54. The summed E-state index contributed by atoms with van der Waals surface area (Å²) in [5, 5.41) is 3.25. The lowest BCUT2D eigenvalue weighted by Crippen LogP contribution is -2.12. The smallest absolute Gasteiger partial charge is 0.159 e. The highest BCUT2D eigenvalue weighted by atomic mass is 16.5. The quantitative estimate of drug-likeness (QED) is 0.823. The second-order valence-electron chi connectivity index (χ2n) is 4.48. The van der Waals surface area contributed by atoms with Gasteiger partial charge in [-0.25, -0.2) is 9.97 Å². The Labute approximate surface area is 103 Å². The lowest BCUT2D eigenvalue weighted by molar-refractivity contribution is 0.0771. The van der Waals surface area contributed by atoms with Crippen LogP contribution >= 0.6 is 0 Å². The summed E-state index contributed by atoms with van der Waals surface area (Å²) in [7, 11) is 1.75. The van der Waals surface area contributed by atoms with E-state index in [-0.39, 0.29) is 6.10 Å². The summed E-state index contributed by atoms with van der Waals surface area (Å²) in [5.41, 5.74) is 1.08. The minimum absolute atomic E-state index is 0.0684. The van der Waals surface area contributed by atoms with Crippen LogP contribution in [0.1, 0.15) is 44.3 Å². The molecule has 1 aromatic rings. The largest absolute Gasteiger partial charge is 0.373 e. The van der Waals surface area contributed by atoms with Crippen molar-refractivity contribution in [2.24, 2.45) is 5.92 Å². The van der Waals surface area contributed by atoms with Gasteiger partial charge in [0, 0.05) is 25.4 Å². The summed E-state index contributed by atoms with van der Waals surface area (Å²) in [5.74, 6) is 2.36. The summed E-state index contributed by atoms with van der Waals surface area (Å²) in [6.45, 7) is 5.06. The summed E-state index contributed by atoms with van der Waals surface area (Å²) in [6.07, 6.45) is 3.46. The van der Waals surface area contributed by atoms with Gasteiger partial charge in [-0.3, -0.25) is 0 Å². The van der Waals surface area contributed by atoms with Gasteiger partial charge in [0.2, 0.25) is 0 Å². The molecule has 0 saturated heterocycles. The number of aromatic nitrogens is 2. The first-order valence-electron chi connectivity index (χ1n) is 6.43. The van der Waals surface area contributed by atoms with E-state index in [1.807, 2.05) is 6.07 Å². The van der Waals surface area contributed by atoms with Crippen LogP contribution < -0.4 is 5.32 Å². The molecule has 1 heterocycles. The number of nitrogens with one attached hydrogen (secondary N) is 1. The Kier molecular flexibility index (Phi) is 3.94. The van der Waals surface area contributed by atoms with Gasteiger partial charge >= 0.3 is 0 Å². The molecule has 0 amide bonds. The zero-order valence-electron chi connectivity index (χ0n) is 10.9. The molecule has 0 aliphatic heterocycles. The minimum atomic E-state index is 0.0684. The van der Waals surface area contributed by atoms with Crippen LogP contribution in [-0.4, -0.2) is 23.6 Å². The molecular weight excluding hydrogens is 214 g/mol. The Morgan fingerprint density at radius 3 is 2.71 bits per heavy atom. The number of rotatable bonds is 6. The van der Waals surface area contributed by atoms with Crippen LogP contribution in [0.3, 0.4) is 0 Å². The second kappa shape index (κ2) is 5.45. The summed E-state index contributed by atoms with van der Waals surface area (Å²) >= 11 is 0. The fourth-order valence-corrected chi connectivity index (χ4v) is 2.01. The normalized spacial score (nSPS) is 16.9. The monoisotopic (exact) mass is 235 g/mol. The first-order valence-corrected chi connectivity index (χ1v) is 6.43. The van der Waals surface area contributed by atoms with E-state index in [0.717, 1.165) is 30.3 Å². The fourth-order valence-electron chi connectivity index (χ4n) is 2.01. The van der Waals surface area contributed by atoms with Gasteiger partial charge < -0.3 is 10.1 Å². The zero-order valence-corrected chi connectivity index (χ0v) is 10.9. The van der Waals surface area contributed by atoms with Crippen LogP contribution in [0.5, 0.6) is 0 Å². The Hall–Kier alpha value is -1.16. The molecule has 1 N–H and O–H groups in total. The van der Waals surface area contributed by atoms with Crippen molar-refractivity contribution in [3.8, 4) is 0 Å². The highest BCUT2D eigenvalue weighted by molar-refractivity contribution is 5.36. The van der Waals surface area contributed by atoms with Crippen LogP contribution in [0.2, 0.25) is 0 Å². The fraction of sp³-hybridized carbons (Fsp3) is 0.692. The lowest BCUT2D eigenvalue weighted by Gasteiger charge is -2.15. The van der Waals surface area contributed by atoms with E-state index < -0.39 is 0 Å². The van der Waals surface area contributed by atoms with E-state index >= 15 is 0 Å². The predicted octanol–water partition coefficient (Wildman–Crippen LogP) is 2.57. The molecule has 17 heavy (non-hydrogen) atoms. The number of methoxy groups -OCH3 is 1. The maximum atomic E-state index is 5.54. The van der Waals surface area contributed by atoms with Gasteiger partial charge in [0.15, 0.2) is 5.82 Å². The predicted molar refractivity (Wildman–Crippen MR) is 68.0 cm³/mol. The molecule has 0 aromatic carbocycles. The first kappa shape index (κ1) is 12.3. The second-order valence-corrected chi connectivity index (χ2v) is 4.48. The van der Waals surface area contributed by atoms with Crippen molar-refractivity contribution in [1.82, 2.24) is 9.97 Å². The molecule has 1 aliphatic rings. The average molecular weight is 235 g/mol.